The van der Waals surface area contributed by atoms with Gasteiger partial charge in [-0.2, -0.15) is 5.26 Å². The fourth-order valence-electron chi connectivity index (χ4n) is 1.67. The summed E-state index contributed by atoms with van der Waals surface area (Å²) in [5, 5.41) is 16.1. The molecule has 2 aromatic rings. The predicted molar refractivity (Wildman–Crippen MR) is 55.8 cm³/mol. The Bertz CT molecular complexity index is 726. The summed E-state index contributed by atoms with van der Waals surface area (Å²) in [6, 6.07) is 8.41. The minimum Gasteiger partial charge on any atom is -0.383 e. The number of rotatable bonds is 1. The van der Waals surface area contributed by atoms with Crippen molar-refractivity contribution in [1.29, 1.82) is 5.26 Å². The first-order valence-electron chi connectivity index (χ1n) is 4.93. The molecule has 0 unspecified atom stereocenters. The smallest absolute Gasteiger partial charge is 0.369 e. The Morgan fingerprint density at radius 3 is 2.89 bits per heavy atom. The van der Waals surface area contributed by atoms with Gasteiger partial charge in [0.2, 0.25) is 5.69 Å². The van der Waals surface area contributed by atoms with Crippen LogP contribution < -0.4 is 0 Å². The van der Waals surface area contributed by atoms with Crippen molar-refractivity contribution in [1.82, 2.24) is 15.0 Å². The maximum atomic E-state index is 11.5. The summed E-state index contributed by atoms with van der Waals surface area (Å²) >= 11 is 0. The molecule has 0 N–H and O–H groups in total. The monoisotopic (exact) mass is 240 g/mol. The highest BCUT2D eigenvalue weighted by Gasteiger charge is 2.37. The van der Waals surface area contributed by atoms with E-state index in [1.165, 1.54) is 10.7 Å². The third kappa shape index (κ3) is 1.29. The van der Waals surface area contributed by atoms with Gasteiger partial charge in [-0.15, -0.1) is 5.10 Å². The standard InChI is InChI=1S/C11H4N4O3/c12-5-6-2-1-3-7(4-6)15-9-8(13-14-15)10(16)18-11(9)17/h1-4H. The molecule has 18 heavy (non-hydrogen) atoms. The summed E-state index contributed by atoms with van der Waals surface area (Å²) in [7, 11) is 0. The highest BCUT2D eigenvalue weighted by Crippen LogP contribution is 2.20. The van der Waals surface area contributed by atoms with Crippen molar-refractivity contribution in [3.8, 4) is 11.8 Å². The first kappa shape index (κ1) is 10.2. The molecule has 0 amide bonds. The van der Waals surface area contributed by atoms with Gasteiger partial charge in [-0.05, 0) is 18.2 Å². The van der Waals surface area contributed by atoms with Crippen LogP contribution in [0, 0.1) is 11.3 Å². The molecule has 1 aliphatic rings. The van der Waals surface area contributed by atoms with Gasteiger partial charge in [0.05, 0.1) is 17.3 Å². The number of ether oxygens (including phenoxy) is 1. The summed E-state index contributed by atoms with van der Waals surface area (Å²) in [4.78, 5) is 22.7. The van der Waals surface area contributed by atoms with Gasteiger partial charge in [0.25, 0.3) is 0 Å². The molecule has 7 nitrogen and oxygen atoms in total. The second-order valence-electron chi connectivity index (χ2n) is 3.54. The normalized spacial score (nSPS) is 13.1. The lowest BCUT2D eigenvalue weighted by molar-refractivity contribution is 0.0434. The predicted octanol–water partition coefficient (Wildman–Crippen LogP) is 0.450. The molecule has 0 aliphatic carbocycles. The van der Waals surface area contributed by atoms with Gasteiger partial charge in [-0.25, -0.2) is 14.3 Å². The van der Waals surface area contributed by atoms with Crippen LogP contribution >= 0.6 is 0 Å². The van der Waals surface area contributed by atoms with E-state index in [1.807, 2.05) is 6.07 Å². The van der Waals surface area contributed by atoms with E-state index in [0.29, 0.717) is 11.3 Å². The van der Waals surface area contributed by atoms with Crippen LogP contribution in [0.4, 0.5) is 0 Å². The molecule has 7 heteroatoms. The lowest BCUT2D eigenvalue weighted by atomic mass is 10.2. The Labute approximate surface area is 100 Å². The second-order valence-corrected chi connectivity index (χ2v) is 3.54. The Balaban J connectivity index is 2.20. The van der Waals surface area contributed by atoms with E-state index in [1.54, 1.807) is 18.2 Å². The highest BCUT2D eigenvalue weighted by atomic mass is 16.6. The van der Waals surface area contributed by atoms with Crippen molar-refractivity contribution in [2.45, 2.75) is 0 Å². The second kappa shape index (κ2) is 3.49. The molecule has 3 rings (SSSR count). The van der Waals surface area contributed by atoms with Gasteiger partial charge in [-0.1, -0.05) is 11.3 Å². The van der Waals surface area contributed by atoms with Crippen molar-refractivity contribution < 1.29 is 14.3 Å². The SMILES string of the molecule is N#Cc1cccc(-n2nnc3c2C(=O)OC3=O)c1. The minimum absolute atomic E-state index is 0.0184. The number of fused-ring (bicyclic) bond motifs is 1. The zero-order valence-electron chi connectivity index (χ0n) is 8.82. The molecule has 0 saturated heterocycles. The molecule has 0 spiro atoms. The van der Waals surface area contributed by atoms with E-state index in [-0.39, 0.29) is 11.4 Å². The Morgan fingerprint density at radius 2 is 2.11 bits per heavy atom. The van der Waals surface area contributed by atoms with Crippen LogP contribution in [-0.2, 0) is 4.74 Å². The molecule has 0 fully saturated rings. The van der Waals surface area contributed by atoms with Gasteiger partial charge in [-0.3, -0.25) is 0 Å². The molecule has 1 aromatic heterocycles. The maximum absolute atomic E-state index is 11.5. The van der Waals surface area contributed by atoms with E-state index in [0.717, 1.165) is 0 Å². The molecule has 0 bridgehead atoms. The van der Waals surface area contributed by atoms with Crippen molar-refractivity contribution in [3.63, 3.8) is 0 Å². The van der Waals surface area contributed by atoms with Crippen molar-refractivity contribution >= 4 is 11.9 Å². The molecule has 0 saturated carbocycles. The number of carbonyl (C=O) groups is 2. The van der Waals surface area contributed by atoms with Gasteiger partial charge in [0.15, 0.2) is 5.69 Å². The number of nitriles is 1. The molecule has 2 heterocycles. The summed E-state index contributed by atoms with van der Waals surface area (Å²) in [6.45, 7) is 0. The van der Waals surface area contributed by atoms with Crippen molar-refractivity contribution in [3.05, 3.63) is 41.2 Å². The van der Waals surface area contributed by atoms with Crippen molar-refractivity contribution in [2.75, 3.05) is 0 Å². The number of carbonyl (C=O) groups excluding carboxylic acids is 2. The first-order chi connectivity index (χ1) is 8.70. The molecular weight excluding hydrogens is 236 g/mol. The average molecular weight is 240 g/mol. The molecule has 0 atom stereocenters. The van der Waals surface area contributed by atoms with Crippen molar-refractivity contribution in [2.24, 2.45) is 0 Å². The van der Waals surface area contributed by atoms with Gasteiger partial charge in [0.1, 0.15) is 0 Å². The number of aromatic nitrogens is 3. The zero-order chi connectivity index (χ0) is 12.7. The van der Waals surface area contributed by atoms with Crippen LogP contribution in [-0.4, -0.2) is 26.9 Å². The molecule has 86 valence electrons. The minimum atomic E-state index is -0.808. The fraction of sp³-hybridized carbons (Fsp3) is 0. The number of cyclic esters (lactones) is 2. The Hall–Kier alpha value is -3.01. The van der Waals surface area contributed by atoms with E-state index in [4.69, 9.17) is 5.26 Å². The summed E-state index contributed by atoms with van der Waals surface area (Å²) in [6.07, 6.45) is 0. The van der Waals surface area contributed by atoms with E-state index >= 15 is 0 Å². The topological polar surface area (TPSA) is 97.9 Å². The molecule has 1 aliphatic heterocycles. The van der Waals surface area contributed by atoms with E-state index < -0.39 is 11.9 Å². The lowest BCUT2D eigenvalue weighted by Crippen LogP contribution is -2.08. The van der Waals surface area contributed by atoms with Gasteiger partial charge in [0, 0.05) is 0 Å². The van der Waals surface area contributed by atoms with Gasteiger partial charge < -0.3 is 4.74 Å². The summed E-state index contributed by atoms with van der Waals surface area (Å²) in [5.41, 5.74) is 0.751. The van der Waals surface area contributed by atoms with Crippen LogP contribution in [0.25, 0.3) is 5.69 Å². The summed E-state index contributed by atoms with van der Waals surface area (Å²) in [5.74, 6) is -1.60. The van der Waals surface area contributed by atoms with E-state index in [2.05, 4.69) is 15.0 Å². The molecular formula is C11H4N4O3. The number of hydrogen-bond donors (Lipinski definition) is 0. The quantitative estimate of drug-likeness (QED) is 0.530. The average Bonchev–Trinajstić information content (AvgIpc) is 2.93. The van der Waals surface area contributed by atoms with Crippen LogP contribution in [0.5, 0.6) is 0 Å². The van der Waals surface area contributed by atoms with Crippen LogP contribution in [0.2, 0.25) is 0 Å². The van der Waals surface area contributed by atoms with Crippen LogP contribution in [0.3, 0.4) is 0 Å². The van der Waals surface area contributed by atoms with Crippen LogP contribution in [0.1, 0.15) is 26.5 Å². The third-order valence-electron chi connectivity index (χ3n) is 2.46. The van der Waals surface area contributed by atoms with E-state index in [9.17, 15) is 9.59 Å². The maximum Gasteiger partial charge on any atom is 0.369 e. The number of benzene rings is 1. The fourth-order valence-corrected chi connectivity index (χ4v) is 1.67. The van der Waals surface area contributed by atoms with Crippen LogP contribution in [0.15, 0.2) is 24.3 Å². The van der Waals surface area contributed by atoms with Gasteiger partial charge >= 0.3 is 11.9 Å². The largest absolute Gasteiger partial charge is 0.383 e. The first-order valence-corrected chi connectivity index (χ1v) is 4.93. The molecule has 0 radical (unpaired) electrons. The Kier molecular flexibility index (Phi) is 1.97. The number of nitrogens with zero attached hydrogens (tertiary/aromatic N) is 4. The Morgan fingerprint density at radius 1 is 1.28 bits per heavy atom. The summed E-state index contributed by atoms with van der Waals surface area (Å²) < 4.78 is 5.61. The third-order valence-corrected chi connectivity index (χ3v) is 2.46. The molecule has 1 aromatic carbocycles. The number of esters is 2. The lowest BCUT2D eigenvalue weighted by Gasteiger charge is -2.02. The number of hydrogen-bond acceptors (Lipinski definition) is 6. The highest BCUT2D eigenvalue weighted by molar-refractivity contribution is 6.12. The zero-order valence-corrected chi connectivity index (χ0v) is 8.82.